The second-order valence-electron chi connectivity index (χ2n) is 4.74. The molecule has 2 rings (SSSR count). The largest absolute Gasteiger partial charge is 0.311 e. The quantitative estimate of drug-likeness (QED) is 0.872. The van der Waals surface area contributed by atoms with E-state index in [9.17, 15) is 0 Å². The summed E-state index contributed by atoms with van der Waals surface area (Å²) in [6.45, 7) is 7.03. The molecule has 1 atom stereocenters. The number of aryl methyl sites for hydroxylation is 2. The molecule has 1 aliphatic heterocycles. The van der Waals surface area contributed by atoms with E-state index >= 15 is 0 Å². The van der Waals surface area contributed by atoms with Crippen LogP contribution in [0.1, 0.15) is 31.7 Å². The molecule has 0 saturated carbocycles. The van der Waals surface area contributed by atoms with Crippen molar-refractivity contribution in [3.63, 3.8) is 0 Å². The zero-order valence-electron chi connectivity index (χ0n) is 11.2. The van der Waals surface area contributed by atoms with Gasteiger partial charge in [-0.3, -0.25) is 4.68 Å². The van der Waals surface area contributed by atoms with Crippen molar-refractivity contribution in [1.82, 2.24) is 15.1 Å². The van der Waals surface area contributed by atoms with Gasteiger partial charge in [0.1, 0.15) is 0 Å². The summed E-state index contributed by atoms with van der Waals surface area (Å²) in [5.74, 6) is 3.45. The lowest BCUT2D eigenvalue weighted by Gasteiger charge is -2.11. The van der Waals surface area contributed by atoms with Crippen LogP contribution >= 0.6 is 23.4 Å². The normalized spacial score (nSPS) is 19.6. The summed E-state index contributed by atoms with van der Waals surface area (Å²) in [7, 11) is 0. The van der Waals surface area contributed by atoms with Gasteiger partial charge in [0.25, 0.3) is 0 Å². The first kappa shape index (κ1) is 14.2. The minimum atomic E-state index is 0.831. The van der Waals surface area contributed by atoms with Gasteiger partial charge in [0.2, 0.25) is 0 Å². The molecule has 102 valence electrons. The van der Waals surface area contributed by atoms with E-state index in [-0.39, 0.29) is 0 Å². The molecule has 1 saturated heterocycles. The molecule has 1 aromatic rings. The molecule has 0 bridgehead atoms. The predicted octanol–water partition coefficient (Wildman–Crippen LogP) is 2.96. The number of nitrogens with one attached hydrogen (secondary N) is 1. The van der Waals surface area contributed by atoms with Gasteiger partial charge in [-0.05, 0) is 43.7 Å². The molecule has 3 nitrogen and oxygen atoms in total. The Kier molecular flexibility index (Phi) is 5.39. The fourth-order valence-corrected chi connectivity index (χ4v) is 3.95. The molecule has 0 radical (unpaired) electrons. The van der Waals surface area contributed by atoms with Crippen molar-refractivity contribution in [2.75, 3.05) is 18.1 Å². The lowest BCUT2D eigenvalue weighted by atomic mass is 10.1. The van der Waals surface area contributed by atoms with Gasteiger partial charge in [-0.1, -0.05) is 18.5 Å². The van der Waals surface area contributed by atoms with E-state index in [2.05, 4.69) is 36.0 Å². The van der Waals surface area contributed by atoms with Crippen LogP contribution in [-0.2, 0) is 19.5 Å². The molecule has 1 unspecified atom stereocenters. The van der Waals surface area contributed by atoms with Gasteiger partial charge < -0.3 is 5.32 Å². The maximum atomic E-state index is 6.38. The molecule has 0 aliphatic carbocycles. The first-order chi connectivity index (χ1) is 8.76. The van der Waals surface area contributed by atoms with Crippen molar-refractivity contribution in [2.24, 2.45) is 5.92 Å². The average Bonchev–Trinajstić information content (AvgIpc) is 2.99. The highest BCUT2D eigenvalue weighted by atomic mass is 35.5. The van der Waals surface area contributed by atoms with Crippen LogP contribution in [0.4, 0.5) is 0 Å². The molecule has 1 N–H and O–H groups in total. The number of nitrogens with zero attached hydrogens (tertiary/aromatic N) is 2. The highest BCUT2D eigenvalue weighted by Gasteiger charge is 2.17. The Morgan fingerprint density at radius 1 is 1.50 bits per heavy atom. The molecule has 0 amide bonds. The second kappa shape index (κ2) is 6.83. The van der Waals surface area contributed by atoms with Crippen LogP contribution in [0.15, 0.2) is 0 Å². The monoisotopic (exact) mass is 287 g/mol. The standard InChI is InChI=1S/C13H22ClN3S/c1-3-11-13(14)12(17(4-2)16-11)8-15-7-10-5-6-18-9-10/h10,15H,3-9H2,1-2H3. The topological polar surface area (TPSA) is 29.9 Å². The molecule has 1 aliphatic rings. The Hall–Kier alpha value is -0.190. The van der Waals surface area contributed by atoms with Crippen LogP contribution in [0.25, 0.3) is 0 Å². The maximum Gasteiger partial charge on any atom is 0.0863 e. The van der Waals surface area contributed by atoms with Crippen LogP contribution in [-0.4, -0.2) is 27.8 Å². The Morgan fingerprint density at radius 3 is 2.94 bits per heavy atom. The number of rotatable bonds is 6. The summed E-state index contributed by atoms with van der Waals surface area (Å²) in [6.07, 6.45) is 2.25. The third-order valence-electron chi connectivity index (χ3n) is 3.44. The first-order valence-electron chi connectivity index (χ1n) is 6.78. The Balaban J connectivity index is 1.92. The second-order valence-corrected chi connectivity index (χ2v) is 6.26. The van der Waals surface area contributed by atoms with Gasteiger partial charge in [-0.25, -0.2) is 0 Å². The van der Waals surface area contributed by atoms with E-state index in [0.717, 1.165) is 48.4 Å². The highest BCUT2D eigenvalue weighted by molar-refractivity contribution is 7.99. The third kappa shape index (κ3) is 3.22. The molecule has 1 aromatic heterocycles. The lowest BCUT2D eigenvalue weighted by molar-refractivity contribution is 0.505. The van der Waals surface area contributed by atoms with Crippen molar-refractivity contribution < 1.29 is 0 Å². The van der Waals surface area contributed by atoms with Gasteiger partial charge in [0, 0.05) is 13.1 Å². The average molecular weight is 288 g/mol. The molecular formula is C13H22ClN3S. The molecule has 0 spiro atoms. The predicted molar refractivity (Wildman–Crippen MR) is 79.4 cm³/mol. The van der Waals surface area contributed by atoms with Crippen LogP contribution in [0, 0.1) is 5.92 Å². The minimum Gasteiger partial charge on any atom is -0.311 e. The van der Waals surface area contributed by atoms with Crippen molar-refractivity contribution in [2.45, 2.75) is 39.8 Å². The van der Waals surface area contributed by atoms with Crippen molar-refractivity contribution in [3.05, 3.63) is 16.4 Å². The zero-order valence-corrected chi connectivity index (χ0v) is 12.8. The zero-order chi connectivity index (χ0) is 13.0. The molecule has 5 heteroatoms. The molecule has 2 heterocycles. The summed E-state index contributed by atoms with van der Waals surface area (Å²) in [6, 6.07) is 0. The summed E-state index contributed by atoms with van der Waals surface area (Å²) in [4.78, 5) is 0. The van der Waals surface area contributed by atoms with E-state index in [0.29, 0.717) is 0 Å². The number of halogens is 1. The van der Waals surface area contributed by atoms with Crippen LogP contribution < -0.4 is 5.32 Å². The first-order valence-corrected chi connectivity index (χ1v) is 8.32. The van der Waals surface area contributed by atoms with E-state index in [1.54, 1.807) is 0 Å². The Labute approximate surface area is 119 Å². The maximum absolute atomic E-state index is 6.38. The van der Waals surface area contributed by atoms with E-state index < -0.39 is 0 Å². The summed E-state index contributed by atoms with van der Waals surface area (Å²) >= 11 is 8.44. The van der Waals surface area contributed by atoms with Gasteiger partial charge in [-0.2, -0.15) is 16.9 Å². The third-order valence-corrected chi connectivity index (χ3v) is 5.11. The van der Waals surface area contributed by atoms with Crippen molar-refractivity contribution in [1.29, 1.82) is 0 Å². The number of thioether (sulfide) groups is 1. The van der Waals surface area contributed by atoms with Gasteiger partial charge in [0.05, 0.1) is 16.4 Å². The molecule has 18 heavy (non-hydrogen) atoms. The fraction of sp³-hybridized carbons (Fsp3) is 0.769. The lowest BCUT2D eigenvalue weighted by Crippen LogP contribution is -2.23. The van der Waals surface area contributed by atoms with Gasteiger partial charge in [-0.15, -0.1) is 0 Å². The van der Waals surface area contributed by atoms with Crippen molar-refractivity contribution in [3.8, 4) is 0 Å². The molecule has 0 aromatic carbocycles. The SMILES string of the molecule is CCc1nn(CC)c(CNCC2CCSC2)c1Cl. The van der Waals surface area contributed by atoms with Crippen LogP contribution in [0.5, 0.6) is 0 Å². The highest BCUT2D eigenvalue weighted by Crippen LogP contribution is 2.24. The van der Waals surface area contributed by atoms with E-state index in [1.807, 2.05) is 4.68 Å². The fourth-order valence-electron chi connectivity index (χ4n) is 2.33. The number of aromatic nitrogens is 2. The van der Waals surface area contributed by atoms with Gasteiger partial charge >= 0.3 is 0 Å². The Morgan fingerprint density at radius 2 is 2.33 bits per heavy atom. The molecule has 1 fully saturated rings. The van der Waals surface area contributed by atoms with E-state index in [4.69, 9.17) is 11.6 Å². The number of hydrogen-bond acceptors (Lipinski definition) is 3. The smallest absolute Gasteiger partial charge is 0.0863 e. The number of hydrogen-bond donors (Lipinski definition) is 1. The van der Waals surface area contributed by atoms with E-state index in [1.165, 1.54) is 17.9 Å². The summed E-state index contributed by atoms with van der Waals surface area (Å²) in [5, 5.41) is 8.93. The summed E-state index contributed by atoms with van der Waals surface area (Å²) in [5.41, 5.74) is 2.16. The van der Waals surface area contributed by atoms with Crippen LogP contribution in [0.2, 0.25) is 5.02 Å². The minimum absolute atomic E-state index is 0.831. The Bertz CT molecular complexity index is 386. The van der Waals surface area contributed by atoms with Crippen molar-refractivity contribution >= 4 is 23.4 Å². The van der Waals surface area contributed by atoms with Gasteiger partial charge in [0.15, 0.2) is 0 Å². The summed E-state index contributed by atoms with van der Waals surface area (Å²) < 4.78 is 2.03. The van der Waals surface area contributed by atoms with Crippen LogP contribution in [0.3, 0.4) is 0 Å². The molecular weight excluding hydrogens is 266 g/mol.